The summed E-state index contributed by atoms with van der Waals surface area (Å²) in [6.07, 6.45) is 2.17. The normalized spacial score (nSPS) is 14.9. The zero-order chi connectivity index (χ0) is 17.1. The van der Waals surface area contributed by atoms with Crippen LogP contribution in [0.2, 0.25) is 0 Å². The number of hydrogen-bond acceptors (Lipinski definition) is 5. The number of carboxylic acid groups (broad SMARTS) is 2. The van der Waals surface area contributed by atoms with E-state index in [4.69, 9.17) is 10.2 Å². The Kier molecular flexibility index (Phi) is 10.7. The highest BCUT2D eigenvalue weighted by Gasteiger charge is 2.26. The maximum Gasteiger partial charge on any atom is 0.327 e. The van der Waals surface area contributed by atoms with Crippen LogP contribution in [-0.4, -0.2) is 56.3 Å². The van der Waals surface area contributed by atoms with Crippen molar-refractivity contribution in [2.24, 2.45) is 0 Å². The van der Waals surface area contributed by atoms with Gasteiger partial charge in [0.05, 0.1) is 12.5 Å². The first kappa shape index (κ1) is 20.7. The number of amides is 1. The molecule has 22 heavy (non-hydrogen) atoms. The van der Waals surface area contributed by atoms with Crippen molar-refractivity contribution in [2.45, 2.75) is 63.3 Å². The van der Waals surface area contributed by atoms with Crippen LogP contribution in [0.3, 0.4) is 0 Å². The van der Waals surface area contributed by atoms with Crippen LogP contribution in [0.25, 0.3) is 0 Å². The predicted molar refractivity (Wildman–Crippen MR) is 83.9 cm³/mol. The average Bonchev–Trinajstić information content (AvgIpc) is 2.40. The number of carboxylic acids is 2. The molecule has 0 heterocycles. The fourth-order valence-corrected chi connectivity index (χ4v) is 3.19. The summed E-state index contributed by atoms with van der Waals surface area (Å²) in [6.45, 7) is 3.25. The van der Waals surface area contributed by atoms with Crippen molar-refractivity contribution in [1.29, 1.82) is 0 Å². The largest absolute Gasteiger partial charge is 0.481 e. The molecule has 128 valence electrons. The third-order valence-electron chi connectivity index (χ3n) is 3.06. The first-order chi connectivity index (χ1) is 10.3. The van der Waals surface area contributed by atoms with Gasteiger partial charge in [0.1, 0.15) is 6.04 Å². The molecule has 0 aliphatic carbocycles. The molecule has 7 nitrogen and oxygen atoms in total. The van der Waals surface area contributed by atoms with Gasteiger partial charge in [-0.2, -0.15) is 11.8 Å². The number of aliphatic hydroxyl groups excluding tert-OH is 1. The summed E-state index contributed by atoms with van der Waals surface area (Å²) < 4.78 is 0. The van der Waals surface area contributed by atoms with Crippen molar-refractivity contribution in [3.8, 4) is 0 Å². The molecular weight excluding hydrogens is 310 g/mol. The Morgan fingerprint density at radius 3 is 2.27 bits per heavy atom. The fourth-order valence-electron chi connectivity index (χ4n) is 1.91. The molecule has 0 fully saturated rings. The zero-order valence-electron chi connectivity index (χ0n) is 12.9. The average molecular weight is 335 g/mol. The van der Waals surface area contributed by atoms with E-state index in [0.29, 0.717) is 6.42 Å². The molecule has 0 rings (SSSR count). The Balaban J connectivity index is 4.58. The monoisotopic (exact) mass is 335 g/mol. The van der Waals surface area contributed by atoms with E-state index in [0.717, 1.165) is 31.0 Å². The highest BCUT2D eigenvalue weighted by Crippen LogP contribution is 2.23. The van der Waals surface area contributed by atoms with Gasteiger partial charge in [-0.3, -0.25) is 9.59 Å². The second-order valence-corrected chi connectivity index (χ2v) is 6.40. The minimum absolute atomic E-state index is 0.0116. The van der Waals surface area contributed by atoms with Crippen LogP contribution >= 0.6 is 11.8 Å². The van der Waals surface area contributed by atoms with Crippen molar-refractivity contribution in [2.75, 3.05) is 5.75 Å². The van der Waals surface area contributed by atoms with Crippen molar-refractivity contribution in [3.63, 3.8) is 0 Å². The lowest BCUT2D eigenvalue weighted by Gasteiger charge is -2.23. The number of aliphatic carboxylic acids is 2. The minimum atomic E-state index is -1.18. The molecule has 3 atom stereocenters. The van der Waals surface area contributed by atoms with Crippen LogP contribution in [0.4, 0.5) is 0 Å². The van der Waals surface area contributed by atoms with E-state index in [1.165, 1.54) is 6.92 Å². The van der Waals surface area contributed by atoms with Crippen LogP contribution in [0.1, 0.15) is 46.0 Å². The summed E-state index contributed by atoms with van der Waals surface area (Å²) in [5.74, 6) is -2.68. The maximum absolute atomic E-state index is 11.0. The van der Waals surface area contributed by atoms with Gasteiger partial charge in [-0.05, 0) is 6.42 Å². The van der Waals surface area contributed by atoms with E-state index in [1.54, 1.807) is 0 Å². The molecule has 4 N–H and O–H groups in total. The lowest BCUT2D eigenvalue weighted by atomic mass is 10.1. The van der Waals surface area contributed by atoms with E-state index in [2.05, 4.69) is 5.32 Å². The van der Waals surface area contributed by atoms with Crippen molar-refractivity contribution >= 4 is 29.6 Å². The van der Waals surface area contributed by atoms with E-state index in [9.17, 15) is 19.5 Å². The first-order valence-electron chi connectivity index (χ1n) is 7.29. The predicted octanol–water partition coefficient (Wildman–Crippen LogP) is 1.09. The second-order valence-electron chi connectivity index (χ2n) is 5.12. The summed E-state index contributed by atoms with van der Waals surface area (Å²) in [4.78, 5) is 32.9. The number of nitrogens with one attached hydrogen (secondary N) is 1. The highest BCUT2D eigenvalue weighted by molar-refractivity contribution is 8.00. The Bertz CT molecular complexity index is 376. The van der Waals surface area contributed by atoms with Gasteiger partial charge in [-0.25, -0.2) is 4.79 Å². The van der Waals surface area contributed by atoms with Gasteiger partial charge in [0.25, 0.3) is 0 Å². The summed E-state index contributed by atoms with van der Waals surface area (Å²) >= 11 is 1.07. The topological polar surface area (TPSA) is 124 Å². The van der Waals surface area contributed by atoms with Crippen LogP contribution in [0.15, 0.2) is 0 Å². The Hall–Kier alpha value is -1.28. The molecule has 0 aromatic rings. The second kappa shape index (κ2) is 11.3. The SMILES string of the molecule is CCCCCC(O)C(CC(=O)O)SC[C@H](NC(C)=O)C(=O)O. The number of unbranched alkanes of at least 4 members (excludes halogenated alkanes) is 2. The third-order valence-corrected chi connectivity index (χ3v) is 4.50. The quantitative estimate of drug-likeness (QED) is 0.394. The third kappa shape index (κ3) is 9.62. The number of carbonyl (C=O) groups excluding carboxylic acids is 1. The maximum atomic E-state index is 11.0. The van der Waals surface area contributed by atoms with Gasteiger partial charge < -0.3 is 20.6 Å². The van der Waals surface area contributed by atoms with Crippen molar-refractivity contribution in [3.05, 3.63) is 0 Å². The Morgan fingerprint density at radius 1 is 1.18 bits per heavy atom. The van der Waals surface area contributed by atoms with Gasteiger partial charge in [-0.1, -0.05) is 26.2 Å². The van der Waals surface area contributed by atoms with Crippen LogP contribution in [-0.2, 0) is 14.4 Å². The van der Waals surface area contributed by atoms with Gasteiger partial charge in [0.15, 0.2) is 0 Å². The van der Waals surface area contributed by atoms with Crippen molar-refractivity contribution < 1.29 is 29.7 Å². The van der Waals surface area contributed by atoms with Crippen LogP contribution < -0.4 is 5.32 Å². The number of carbonyl (C=O) groups is 3. The molecule has 8 heteroatoms. The van der Waals surface area contributed by atoms with Crippen LogP contribution in [0, 0.1) is 0 Å². The molecule has 0 spiro atoms. The standard InChI is InChI=1S/C14H25NO6S/c1-3-4-5-6-11(17)12(7-13(18)19)22-8-10(14(20)21)15-9(2)16/h10-12,17H,3-8H2,1-2H3,(H,15,16)(H,18,19)(H,20,21)/t10-,11?,12?/m0/s1. The molecule has 1 amide bonds. The molecule has 0 aromatic carbocycles. The number of aliphatic hydroxyl groups is 1. The molecule has 0 saturated heterocycles. The number of thioether (sulfide) groups is 1. The summed E-state index contributed by atoms with van der Waals surface area (Å²) in [6, 6.07) is -1.10. The first-order valence-corrected chi connectivity index (χ1v) is 8.34. The summed E-state index contributed by atoms with van der Waals surface area (Å²) in [5, 5.41) is 29.7. The van der Waals surface area contributed by atoms with E-state index in [1.807, 2.05) is 6.92 Å². The molecular formula is C14H25NO6S. The lowest BCUT2D eigenvalue weighted by Crippen LogP contribution is -2.42. The molecule has 0 saturated carbocycles. The fraction of sp³-hybridized carbons (Fsp3) is 0.786. The van der Waals surface area contributed by atoms with Crippen molar-refractivity contribution in [1.82, 2.24) is 5.32 Å². The summed E-state index contributed by atoms with van der Waals surface area (Å²) in [5.41, 5.74) is 0. The van der Waals surface area contributed by atoms with E-state index >= 15 is 0 Å². The van der Waals surface area contributed by atoms with Gasteiger partial charge in [-0.15, -0.1) is 0 Å². The van der Waals surface area contributed by atoms with E-state index < -0.39 is 35.2 Å². The molecule has 0 aromatic heterocycles. The molecule has 0 aliphatic rings. The highest BCUT2D eigenvalue weighted by atomic mass is 32.2. The van der Waals surface area contributed by atoms with Crippen LogP contribution in [0.5, 0.6) is 0 Å². The smallest absolute Gasteiger partial charge is 0.327 e. The molecule has 0 aliphatic heterocycles. The Labute approximate surface area is 134 Å². The van der Waals surface area contributed by atoms with E-state index in [-0.39, 0.29) is 12.2 Å². The van der Waals surface area contributed by atoms with Gasteiger partial charge in [0.2, 0.25) is 5.91 Å². The number of hydrogen-bond donors (Lipinski definition) is 4. The molecule has 0 radical (unpaired) electrons. The Morgan fingerprint density at radius 2 is 1.82 bits per heavy atom. The number of rotatable bonds is 12. The molecule has 2 unspecified atom stereocenters. The lowest BCUT2D eigenvalue weighted by molar-refractivity contribution is -0.140. The summed E-state index contributed by atoms with van der Waals surface area (Å²) in [7, 11) is 0. The zero-order valence-corrected chi connectivity index (χ0v) is 13.8. The molecule has 0 bridgehead atoms. The minimum Gasteiger partial charge on any atom is -0.481 e. The van der Waals surface area contributed by atoms with Gasteiger partial charge >= 0.3 is 11.9 Å². The van der Waals surface area contributed by atoms with Gasteiger partial charge in [0, 0.05) is 17.9 Å².